The molecule has 1 rings (SSSR count). The molecule has 1 aromatic rings. The van der Waals surface area contributed by atoms with Crippen LogP contribution in [0.2, 0.25) is 0 Å². The third-order valence-corrected chi connectivity index (χ3v) is 2.59. The molecular weight excluding hydrogens is 214 g/mol. The van der Waals surface area contributed by atoms with Gasteiger partial charge in [-0.1, -0.05) is 20.3 Å². The number of methoxy groups -OCH3 is 1. The second-order valence-electron chi connectivity index (χ2n) is 4.10. The fraction of sp³-hybridized carbons (Fsp3) is 0.692. The van der Waals surface area contributed by atoms with Crippen LogP contribution in [0.15, 0.2) is 12.3 Å². The molecule has 4 heteroatoms. The molecule has 0 aliphatic heterocycles. The third-order valence-electron chi connectivity index (χ3n) is 2.59. The molecule has 4 nitrogen and oxygen atoms in total. The minimum Gasteiger partial charge on any atom is -0.373 e. The summed E-state index contributed by atoms with van der Waals surface area (Å²) in [6, 6.07) is 1.95. The van der Waals surface area contributed by atoms with Crippen LogP contribution in [0.5, 0.6) is 0 Å². The Balaban J connectivity index is 2.63. The lowest BCUT2D eigenvalue weighted by molar-refractivity contribution is 0.0874. The number of hydrogen-bond acceptors (Lipinski definition) is 4. The molecule has 0 aliphatic carbocycles. The lowest BCUT2D eigenvalue weighted by Gasteiger charge is -2.13. The van der Waals surface area contributed by atoms with E-state index < -0.39 is 0 Å². The van der Waals surface area contributed by atoms with Crippen molar-refractivity contribution in [1.82, 2.24) is 15.3 Å². The van der Waals surface area contributed by atoms with Crippen molar-refractivity contribution in [3.05, 3.63) is 23.8 Å². The van der Waals surface area contributed by atoms with Gasteiger partial charge in [-0.25, -0.2) is 9.97 Å². The summed E-state index contributed by atoms with van der Waals surface area (Å²) in [6.45, 7) is 6.10. The highest BCUT2D eigenvalue weighted by Gasteiger charge is 2.12. The van der Waals surface area contributed by atoms with Gasteiger partial charge in [0.2, 0.25) is 0 Å². The summed E-state index contributed by atoms with van der Waals surface area (Å²) >= 11 is 0. The van der Waals surface area contributed by atoms with Crippen molar-refractivity contribution in [1.29, 1.82) is 0 Å². The molecular formula is C13H23N3O. The van der Waals surface area contributed by atoms with E-state index in [4.69, 9.17) is 4.74 Å². The maximum Gasteiger partial charge on any atom is 0.157 e. The maximum absolute atomic E-state index is 5.41. The molecule has 0 aliphatic rings. The first-order chi connectivity index (χ1) is 8.31. The Morgan fingerprint density at radius 3 is 2.82 bits per heavy atom. The highest BCUT2D eigenvalue weighted by molar-refractivity contribution is 5.04. The van der Waals surface area contributed by atoms with Crippen molar-refractivity contribution in [3.8, 4) is 0 Å². The van der Waals surface area contributed by atoms with Crippen LogP contribution in [0.3, 0.4) is 0 Å². The SMILES string of the molecule is CCCNCc1ccnc(C(CCC)OC)n1. The predicted octanol–water partition coefficient (Wildman–Crippen LogP) is 2.46. The molecule has 17 heavy (non-hydrogen) atoms. The summed E-state index contributed by atoms with van der Waals surface area (Å²) in [7, 11) is 1.71. The molecule has 0 radical (unpaired) electrons. The van der Waals surface area contributed by atoms with Gasteiger partial charge in [0.25, 0.3) is 0 Å². The van der Waals surface area contributed by atoms with Crippen molar-refractivity contribution in [3.63, 3.8) is 0 Å². The highest BCUT2D eigenvalue weighted by Crippen LogP contribution is 2.17. The third kappa shape index (κ3) is 4.79. The lowest BCUT2D eigenvalue weighted by Crippen LogP contribution is -2.16. The number of ether oxygens (including phenoxy) is 1. The molecule has 0 amide bonds. The Bertz CT molecular complexity index is 317. The van der Waals surface area contributed by atoms with E-state index in [1.165, 1.54) is 0 Å². The van der Waals surface area contributed by atoms with Gasteiger partial charge in [-0.2, -0.15) is 0 Å². The summed E-state index contributed by atoms with van der Waals surface area (Å²) in [5, 5.41) is 3.34. The summed E-state index contributed by atoms with van der Waals surface area (Å²) < 4.78 is 5.41. The summed E-state index contributed by atoms with van der Waals surface area (Å²) in [4.78, 5) is 8.83. The van der Waals surface area contributed by atoms with Gasteiger partial charge >= 0.3 is 0 Å². The van der Waals surface area contributed by atoms with Crippen LogP contribution in [-0.2, 0) is 11.3 Å². The highest BCUT2D eigenvalue weighted by atomic mass is 16.5. The van der Waals surface area contributed by atoms with E-state index >= 15 is 0 Å². The normalized spacial score (nSPS) is 12.6. The molecule has 1 N–H and O–H groups in total. The van der Waals surface area contributed by atoms with E-state index in [0.717, 1.165) is 43.9 Å². The summed E-state index contributed by atoms with van der Waals surface area (Å²) in [5.41, 5.74) is 1.03. The van der Waals surface area contributed by atoms with Crippen LogP contribution in [0.1, 0.15) is 50.7 Å². The zero-order valence-corrected chi connectivity index (χ0v) is 11.1. The molecule has 0 aromatic carbocycles. The van der Waals surface area contributed by atoms with Crippen molar-refractivity contribution < 1.29 is 4.74 Å². The van der Waals surface area contributed by atoms with Crippen molar-refractivity contribution in [2.24, 2.45) is 0 Å². The predicted molar refractivity (Wildman–Crippen MR) is 68.7 cm³/mol. The summed E-state index contributed by atoms with van der Waals surface area (Å²) in [5.74, 6) is 0.796. The van der Waals surface area contributed by atoms with Gasteiger partial charge in [0.1, 0.15) is 6.10 Å². The molecule has 0 spiro atoms. The van der Waals surface area contributed by atoms with Crippen LogP contribution in [0, 0.1) is 0 Å². The van der Waals surface area contributed by atoms with Gasteiger partial charge in [0, 0.05) is 19.9 Å². The molecule has 1 heterocycles. The Morgan fingerprint density at radius 2 is 2.18 bits per heavy atom. The molecule has 96 valence electrons. The number of rotatable bonds is 8. The smallest absolute Gasteiger partial charge is 0.157 e. The van der Waals surface area contributed by atoms with E-state index in [0.29, 0.717) is 0 Å². The average molecular weight is 237 g/mol. The maximum atomic E-state index is 5.41. The first-order valence-electron chi connectivity index (χ1n) is 6.37. The Kier molecular flexibility index (Phi) is 6.74. The van der Waals surface area contributed by atoms with Gasteiger partial charge in [0.05, 0.1) is 5.69 Å². The summed E-state index contributed by atoms with van der Waals surface area (Å²) in [6.07, 6.45) is 5.00. The van der Waals surface area contributed by atoms with Crippen molar-refractivity contribution >= 4 is 0 Å². The molecule has 0 bridgehead atoms. The van der Waals surface area contributed by atoms with Crippen LogP contribution < -0.4 is 5.32 Å². The lowest BCUT2D eigenvalue weighted by atomic mass is 10.2. The standard InChI is InChI=1S/C13H23N3O/c1-4-6-12(17-3)13-15-9-7-11(16-13)10-14-8-5-2/h7,9,12,14H,4-6,8,10H2,1-3H3. The fourth-order valence-electron chi connectivity index (χ4n) is 1.67. The zero-order chi connectivity index (χ0) is 12.5. The second kappa shape index (κ2) is 8.14. The minimum absolute atomic E-state index is 0.0196. The van der Waals surface area contributed by atoms with Crippen molar-refractivity contribution in [2.75, 3.05) is 13.7 Å². The molecule has 1 aromatic heterocycles. The zero-order valence-electron chi connectivity index (χ0n) is 11.1. The first-order valence-corrected chi connectivity index (χ1v) is 6.37. The Labute approximate surface area is 104 Å². The van der Waals surface area contributed by atoms with E-state index in [1.54, 1.807) is 7.11 Å². The van der Waals surface area contributed by atoms with E-state index in [-0.39, 0.29) is 6.10 Å². The monoisotopic (exact) mass is 237 g/mol. The molecule has 1 unspecified atom stereocenters. The second-order valence-corrected chi connectivity index (χ2v) is 4.10. The molecule has 0 saturated heterocycles. The minimum atomic E-state index is 0.0196. The van der Waals surface area contributed by atoms with Crippen molar-refractivity contribution in [2.45, 2.75) is 45.8 Å². The largest absolute Gasteiger partial charge is 0.373 e. The van der Waals surface area contributed by atoms with Crippen LogP contribution >= 0.6 is 0 Å². The number of hydrogen-bond donors (Lipinski definition) is 1. The van der Waals surface area contributed by atoms with E-state index in [1.807, 2.05) is 12.3 Å². The van der Waals surface area contributed by atoms with Crippen LogP contribution in [-0.4, -0.2) is 23.6 Å². The number of nitrogens with one attached hydrogen (secondary N) is 1. The number of nitrogens with zero attached hydrogens (tertiary/aromatic N) is 2. The van der Waals surface area contributed by atoms with Crippen LogP contribution in [0.4, 0.5) is 0 Å². The van der Waals surface area contributed by atoms with Gasteiger partial charge < -0.3 is 10.1 Å². The quantitative estimate of drug-likeness (QED) is 0.706. The van der Waals surface area contributed by atoms with Gasteiger partial charge in [-0.05, 0) is 25.5 Å². The number of aromatic nitrogens is 2. The van der Waals surface area contributed by atoms with E-state index in [2.05, 4.69) is 29.1 Å². The van der Waals surface area contributed by atoms with Gasteiger partial charge in [-0.3, -0.25) is 0 Å². The van der Waals surface area contributed by atoms with Gasteiger partial charge in [-0.15, -0.1) is 0 Å². The Morgan fingerprint density at radius 1 is 1.35 bits per heavy atom. The topological polar surface area (TPSA) is 47.0 Å². The molecule has 0 saturated carbocycles. The van der Waals surface area contributed by atoms with Crippen LogP contribution in [0.25, 0.3) is 0 Å². The van der Waals surface area contributed by atoms with E-state index in [9.17, 15) is 0 Å². The fourth-order valence-corrected chi connectivity index (χ4v) is 1.67. The first kappa shape index (κ1) is 14.1. The molecule has 0 fully saturated rings. The Hall–Kier alpha value is -1.00. The average Bonchev–Trinajstić information content (AvgIpc) is 2.36. The van der Waals surface area contributed by atoms with Gasteiger partial charge in [0.15, 0.2) is 5.82 Å². The molecule has 1 atom stereocenters.